The Balaban J connectivity index is 2.00. The Morgan fingerprint density at radius 1 is 1.11 bits per heavy atom. The van der Waals surface area contributed by atoms with Gasteiger partial charge < -0.3 is 10.1 Å². The van der Waals surface area contributed by atoms with Crippen molar-refractivity contribution >= 4 is 39.1 Å². The number of unbranched alkanes of at least 4 members (excludes halogenated alkanes) is 2. The summed E-state index contributed by atoms with van der Waals surface area (Å²) in [7, 11) is -3.75. The number of carbonyl (C=O) groups is 1. The largest absolute Gasteiger partial charge is 0.490 e. The number of benzene rings is 2. The van der Waals surface area contributed by atoms with E-state index in [1.165, 1.54) is 24.3 Å². The van der Waals surface area contributed by atoms with Crippen LogP contribution < -0.4 is 15.2 Å². The third-order valence-electron chi connectivity index (χ3n) is 3.96. The standard InChI is InChI=1S/C19H22Cl2N2O4S/c1-2-3-4-9-27-18-16(20)10-14(11-17(18)21)19(24)23-12-13-5-7-15(8-6-13)28(22,25)26/h5-8,10-11H,2-4,9,12H2,1H3,(H,23,24)(H2,22,25,26). The third kappa shape index (κ3) is 6.38. The van der Waals surface area contributed by atoms with Gasteiger partial charge in [-0.3, -0.25) is 4.79 Å². The van der Waals surface area contributed by atoms with E-state index in [9.17, 15) is 13.2 Å². The van der Waals surface area contributed by atoms with Gasteiger partial charge in [-0.2, -0.15) is 0 Å². The minimum atomic E-state index is -3.75. The van der Waals surface area contributed by atoms with Gasteiger partial charge in [0.05, 0.1) is 21.5 Å². The normalized spacial score (nSPS) is 11.3. The highest BCUT2D eigenvalue weighted by atomic mass is 35.5. The van der Waals surface area contributed by atoms with Crippen molar-refractivity contribution in [3.8, 4) is 5.75 Å². The Bertz CT molecular complexity index is 908. The molecule has 0 aliphatic heterocycles. The molecule has 2 aromatic rings. The van der Waals surface area contributed by atoms with Crippen molar-refractivity contribution in [1.29, 1.82) is 0 Å². The number of nitrogens with two attached hydrogens (primary N) is 1. The van der Waals surface area contributed by atoms with Crippen molar-refractivity contribution in [2.75, 3.05) is 6.61 Å². The van der Waals surface area contributed by atoms with Crippen LogP contribution in [0.3, 0.4) is 0 Å². The molecule has 0 aliphatic carbocycles. The smallest absolute Gasteiger partial charge is 0.251 e. The molecular formula is C19H22Cl2N2O4S. The van der Waals surface area contributed by atoms with Gasteiger partial charge in [0, 0.05) is 12.1 Å². The predicted octanol–water partition coefficient (Wildman–Crippen LogP) is 4.14. The molecule has 0 aliphatic rings. The van der Waals surface area contributed by atoms with Crippen LogP contribution in [0.15, 0.2) is 41.3 Å². The molecule has 0 heterocycles. The molecule has 0 radical (unpaired) electrons. The predicted molar refractivity (Wildman–Crippen MR) is 110 cm³/mol. The molecule has 0 bridgehead atoms. The lowest BCUT2D eigenvalue weighted by atomic mass is 10.2. The van der Waals surface area contributed by atoms with E-state index in [4.69, 9.17) is 33.1 Å². The van der Waals surface area contributed by atoms with E-state index in [2.05, 4.69) is 12.2 Å². The van der Waals surface area contributed by atoms with Crippen LogP contribution in [0.1, 0.15) is 42.1 Å². The van der Waals surface area contributed by atoms with Gasteiger partial charge in [0.15, 0.2) is 5.75 Å². The topological polar surface area (TPSA) is 98.5 Å². The maximum atomic E-state index is 12.4. The van der Waals surface area contributed by atoms with Gasteiger partial charge in [-0.1, -0.05) is 55.1 Å². The number of primary sulfonamides is 1. The van der Waals surface area contributed by atoms with E-state index >= 15 is 0 Å². The van der Waals surface area contributed by atoms with Gasteiger partial charge >= 0.3 is 0 Å². The number of ether oxygens (including phenoxy) is 1. The Morgan fingerprint density at radius 2 is 1.71 bits per heavy atom. The molecule has 1 amide bonds. The van der Waals surface area contributed by atoms with Gasteiger partial charge in [-0.05, 0) is 36.2 Å². The Morgan fingerprint density at radius 3 is 2.25 bits per heavy atom. The van der Waals surface area contributed by atoms with Crippen LogP contribution in [0.4, 0.5) is 0 Å². The molecule has 0 fully saturated rings. The van der Waals surface area contributed by atoms with Crippen molar-refractivity contribution in [2.24, 2.45) is 5.14 Å². The van der Waals surface area contributed by atoms with E-state index in [1.807, 2.05) is 0 Å². The van der Waals surface area contributed by atoms with Crippen molar-refractivity contribution in [1.82, 2.24) is 5.32 Å². The molecule has 6 nitrogen and oxygen atoms in total. The van der Waals surface area contributed by atoms with Crippen LogP contribution in [0.2, 0.25) is 10.0 Å². The van der Waals surface area contributed by atoms with E-state index in [0.717, 1.165) is 19.3 Å². The molecule has 152 valence electrons. The minimum absolute atomic E-state index is 0.00988. The quantitative estimate of drug-likeness (QED) is 0.567. The van der Waals surface area contributed by atoms with Crippen LogP contribution in [0.25, 0.3) is 0 Å². The fraction of sp³-hybridized carbons (Fsp3) is 0.316. The summed E-state index contributed by atoms with van der Waals surface area (Å²) in [6.07, 6.45) is 3.03. The summed E-state index contributed by atoms with van der Waals surface area (Å²) in [5.74, 6) is 0.00595. The maximum absolute atomic E-state index is 12.4. The van der Waals surface area contributed by atoms with Crippen molar-refractivity contribution in [2.45, 2.75) is 37.6 Å². The van der Waals surface area contributed by atoms with Crippen molar-refractivity contribution < 1.29 is 17.9 Å². The summed E-state index contributed by atoms with van der Waals surface area (Å²) < 4.78 is 28.1. The highest BCUT2D eigenvalue weighted by molar-refractivity contribution is 7.89. The summed E-state index contributed by atoms with van der Waals surface area (Å²) >= 11 is 12.4. The number of sulfonamides is 1. The van der Waals surface area contributed by atoms with Gasteiger partial charge in [-0.15, -0.1) is 0 Å². The van der Waals surface area contributed by atoms with Crippen molar-refractivity contribution in [3.05, 3.63) is 57.6 Å². The number of carbonyl (C=O) groups excluding carboxylic acids is 1. The van der Waals surface area contributed by atoms with Crippen LogP contribution in [-0.4, -0.2) is 20.9 Å². The highest BCUT2D eigenvalue weighted by Crippen LogP contribution is 2.34. The fourth-order valence-corrected chi connectivity index (χ4v) is 3.55. The molecule has 0 saturated heterocycles. The first-order chi connectivity index (χ1) is 13.2. The Kier molecular flexibility index (Phi) is 8.12. The average molecular weight is 445 g/mol. The molecule has 0 unspecified atom stereocenters. The summed E-state index contributed by atoms with van der Waals surface area (Å²) in [6.45, 7) is 2.81. The van der Waals surface area contributed by atoms with Crippen LogP contribution in [-0.2, 0) is 16.6 Å². The first kappa shape index (κ1) is 22.5. The van der Waals surface area contributed by atoms with Crippen LogP contribution in [0.5, 0.6) is 5.75 Å². The second-order valence-electron chi connectivity index (χ2n) is 6.20. The van der Waals surface area contributed by atoms with Crippen molar-refractivity contribution in [3.63, 3.8) is 0 Å². The zero-order valence-electron chi connectivity index (χ0n) is 15.4. The minimum Gasteiger partial charge on any atom is -0.490 e. The highest BCUT2D eigenvalue weighted by Gasteiger charge is 2.14. The summed E-state index contributed by atoms with van der Waals surface area (Å²) in [4.78, 5) is 12.4. The Labute approximate surface area is 175 Å². The van der Waals surface area contributed by atoms with E-state index in [-0.39, 0.29) is 27.4 Å². The van der Waals surface area contributed by atoms with E-state index in [0.29, 0.717) is 23.5 Å². The number of halogens is 2. The molecule has 2 aromatic carbocycles. The zero-order valence-corrected chi connectivity index (χ0v) is 17.7. The van der Waals surface area contributed by atoms with Gasteiger partial charge in [0.25, 0.3) is 5.91 Å². The number of nitrogens with one attached hydrogen (secondary N) is 1. The second-order valence-corrected chi connectivity index (χ2v) is 8.57. The van der Waals surface area contributed by atoms with Gasteiger partial charge in [0.1, 0.15) is 0 Å². The average Bonchev–Trinajstić information content (AvgIpc) is 2.64. The SMILES string of the molecule is CCCCCOc1c(Cl)cc(C(=O)NCc2ccc(S(N)(=O)=O)cc2)cc1Cl. The summed E-state index contributed by atoms with van der Waals surface area (Å²) in [5, 5.41) is 8.33. The number of hydrogen-bond acceptors (Lipinski definition) is 4. The number of amides is 1. The second kappa shape index (κ2) is 10.1. The fourth-order valence-electron chi connectivity index (χ4n) is 2.44. The van der Waals surface area contributed by atoms with Gasteiger partial charge in [0.2, 0.25) is 10.0 Å². The molecule has 0 saturated carbocycles. The molecule has 0 aromatic heterocycles. The van der Waals surface area contributed by atoms with Crippen LogP contribution >= 0.6 is 23.2 Å². The van der Waals surface area contributed by atoms with Crippen LogP contribution in [0, 0.1) is 0 Å². The first-order valence-electron chi connectivity index (χ1n) is 8.74. The molecule has 0 atom stereocenters. The lowest BCUT2D eigenvalue weighted by molar-refractivity contribution is 0.0951. The maximum Gasteiger partial charge on any atom is 0.251 e. The monoisotopic (exact) mass is 444 g/mol. The molecular weight excluding hydrogens is 423 g/mol. The van der Waals surface area contributed by atoms with Gasteiger partial charge in [-0.25, -0.2) is 13.6 Å². The molecule has 9 heteroatoms. The third-order valence-corrected chi connectivity index (χ3v) is 5.45. The molecule has 3 N–H and O–H groups in total. The summed E-state index contributed by atoms with van der Waals surface area (Å²) in [6, 6.07) is 8.93. The zero-order chi connectivity index (χ0) is 20.7. The Hall–Kier alpha value is -1.80. The lowest BCUT2D eigenvalue weighted by Gasteiger charge is -2.12. The lowest BCUT2D eigenvalue weighted by Crippen LogP contribution is -2.23. The number of hydrogen-bond donors (Lipinski definition) is 2. The molecule has 28 heavy (non-hydrogen) atoms. The summed E-state index contributed by atoms with van der Waals surface area (Å²) in [5.41, 5.74) is 1.02. The number of rotatable bonds is 9. The van der Waals surface area contributed by atoms with E-state index < -0.39 is 10.0 Å². The molecule has 2 rings (SSSR count). The first-order valence-corrected chi connectivity index (χ1v) is 11.0. The molecule has 0 spiro atoms. The van der Waals surface area contributed by atoms with E-state index in [1.54, 1.807) is 12.1 Å².